The van der Waals surface area contributed by atoms with Gasteiger partial charge in [-0.05, 0) is 18.4 Å². The van der Waals surface area contributed by atoms with Crippen LogP contribution in [0.3, 0.4) is 0 Å². The summed E-state index contributed by atoms with van der Waals surface area (Å²) in [4.78, 5) is 11.5. The minimum Gasteiger partial charge on any atom is -0.497 e. The zero-order chi connectivity index (χ0) is 15.0. The van der Waals surface area contributed by atoms with Crippen LogP contribution in [0, 0.1) is 0 Å². The molecule has 0 saturated heterocycles. The van der Waals surface area contributed by atoms with Crippen LogP contribution in [0.2, 0.25) is 0 Å². The van der Waals surface area contributed by atoms with E-state index >= 15 is 0 Å². The number of hydrogen-bond acceptors (Lipinski definition) is 7. The lowest BCUT2D eigenvalue weighted by atomic mass is 10.2. The number of carbonyl (C=O) groups is 1. The van der Waals surface area contributed by atoms with Crippen molar-refractivity contribution >= 4 is 29.2 Å². The van der Waals surface area contributed by atoms with Crippen LogP contribution >= 0.6 is 11.8 Å². The summed E-state index contributed by atoms with van der Waals surface area (Å²) >= 11 is 1.54. The van der Waals surface area contributed by atoms with Crippen LogP contribution in [0.15, 0.2) is 18.2 Å². The number of fused-ring (bicyclic) bond motifs is 3. The fourth-order valence-corrected chi connectivity index (χ4v) is 2.58. The molecule has 2 heterocycles. The van der Waals surface area contributed by atoms with Gasteiger partial charge in [-0.25, -0.2) is 0 Å². The van der Waals surface area contributed by atoms with E-state index in [4.69, 9.17) is 10.5 Å². The number of thioether (sulfide) groups is 1. The van der Waals surface area contributed by atoms with Crippen molar-refractivity contribution in [3.63, 3.8) is 0 Å². The number of anilines is 2. The topological polar surface area (TPSA) is 107 Å². The number of aromatic nitrogens is 3. The summed E-state index contributed by atoms with van der Waals surface area (Å²) < 4.78 is 6.79. The maximum atomic E-state index is 11.5. The lowest BCUT2D eigenvalue weighted by Crippen LogP contribution is -2.25. The van der Waals surface area contributed by atoms with Crippen molar-refractivity contribution in [2.24, 2.45) is 5.73 Å². The summed E-state index contributed by atoms with van der Waals surface area (Å²) in [6, 6.07) is 5.52. The van der Waals surface area contributed by atoms with Gasteiger partial charge < -0.3 is 21.1 Å². The molecule has 1 aromatic heterocycles. The summed E-state index contributed by atoms with van der Waals surface area (Å²) in [5, 5.41) is 14.4. The molecule has 1 aromatic carbocycles. The van der Waals surface area contributed by atoms with Crippen molar-refractivity contribution in [3.05, 3.63) is 23.9 Å². The summed E-state index contributed by atoms with van der Waals surface area (Å²) in [7, 11) is 1.61. The van der Waals surface area contributed by atoms with E-state index in [1.165, 1.54) is 11.8 Å². The zero-order valence-electron chi connectivity index (χ0n) is 11.5. The molecule has 2 aromatic rings. The van der Waals surface area contributed by atoms with E-state index in [1.807, 2.05) is 24.5 Å². The minimum atomic E-state index is -0.624. The summed E-state index contributed by atoms with van der Waals surface area (Å²) in [6.45, 7) is 0. The number of hydrogen-bond donors (Lipinski definition) is 3. The molecule has 4 N–H and O–H groups in total. The van der Waals surface area contributed by atoms with Crippen LogP contribution in [0.4, 0.5) is 11.5 Å². The maximum Gasteiger partial charge on any atom is 0.273 e. The number of carbonyl (C=O) groups excluding carboxylic acids is 1. The Kier molecular flexibility index (Phi) is 3.34. The number of nitrogens with two attached hydrogens (primary N) is 1. The molecule has 0 radical (unpaired) electrons. The highest BCUT2D eigenvalue weighted by molar-refractivity contribution is 7.99. The van der Waals surface area contributed by atoms with Gasteiger partial charge in [0.15, 0.2) is 11.5 Å². The quantitative estimate of drug-likeness (QED) is 0.772. The smallest absolute Gasteiger partial charge is 0.273 e. The van der Waals surface area contributed by atoms with E-state index in [2.05, 4.69) is 20.9 Å². The van der Waals surface area contributed by atoms with Crippen molar-refractivity contribution in [2.45, 2.75) is 5.50 Å². The Morgan fingerprint density at radius 2 is 2.29 bits per heavy atom. The van der Waals surface area contributed by atoms with Gasteiger partial charge in [-0.3, -0.25) is 4.79 Å². The van der Waals surface area contributed by atoms with Gasteiger partial charge in [0.05, 0.1) is 18.5 Å². The van der Waals surface area contributed by atoms with E-state index in [0.717, 1.165) is 17.1 Å². The molecule has 0 aliphatic carbocycles. The van der Waals surface area contributed by atoms with Gasteiger partial charge in [0.2, 0.25) is 0 Å². The van der Waals surface area contributed by atoms with Gasteiger partial charge in [-0.2, -0.15) is 4.68 Å². The van der Waals surface area contributed by atoms with E-state index in [1.54, 1.807) is 11.8 Å². The van der Waals surface area contributed by atoms with Gasteiger partial charge in [0.1, 0.15) is 11.2 Å². The average molecular weight is 306 g/mol. The molecule has 9 heteroatoms. The Balaban J connectivity index is 2.19. The Labute approximate surface area is 125 Å². The molecular formula is C12H14N6O2S. The van der Waals surface area contributed by atoms with Crippen molar-refractivity contribution in [2.75, 3.05) is 24.0 Å². The van der Waals surface area contributed by atoms with Crippen molar-refractivity contribution in [1.82, 2.24) is 15.0 Å². The number of ether oxygens (including phenoxy) is 1. The Hall–Kier alpha value is -2.42. The Bertz CT molecular complexity index is 701. The lowest BCUT2D eigenvalue weighted by Gasteiger charge is -2.17. The molecule has 110 valence electrons. The van der Waals surface area contributed by atoms with E-state index in [0.29, 0.717) is 5.82 Å². The monoisotopic (exact) mass is 306 g/mol. The van der Waals surface area contributed by atoms with Crippen LogP contribution < -0.4 is 21.1 Å². The van der Waals surface area contributed by atoms with Crippen LogP contribution in [-0.2, 0) is 0 Å². The number of primary amides is 1. The SMILES string of the molecule is COc1ccc2c(c1)NC(SC)Nc1c(C(N)=O)nnn1-2. The zero-order valence-corrected chi connectivity index (χ0v) is 12.3. The van der Waals surface area contributed by atoms with Gasteiger partial charge in [-0.1, -0.05) is 5.21 Å². The molecule has 21 heavy (non-hydrogen) atoms. The molecule has 1 aliphatic heterocycles. The number of rotatable bonds is 3. The first kappa shape index (κ1) is 13.6. The molecule has 0 saturated carbocycles. The molecule has 0 bridgehead atoms. The van der Waals surface area contributed by atoms with E-state index in [-0.39, 0.29) is 11.2 Å². The molecule has 0 spiro atoms. The van der Waals surface area contributed by atoms with Crippen molar-refractivity contribution in [1.29, 1.82) is 0 Å². The highest BCUT2D eigenvalue weighted by atomic mass is 32.2. The van der Waals surface area contributed by atoms with Gasteiger partial charge in [0.25, 0.3) is 5.91 Å². The number of nitrogens with one attached hydrogen (secondary N) is 2. The number of amides is 1. The Morgan fingerprint density at radius 1 is 1.48 bits per heavy atom. The first-order chi connectivity index (χ1) is 10.1. The predicted molar refractivity (Wildman–Crippen MR) is 81.0 cm³/mol. The molecule has 3 rings (SSSR count). The molecule has 8 nitrogen and oxygen atoms in total. The third-order valence-corrected chi connectivity index (χ3v) is 3.83. The largest absolute Gasteiger partial charge is 0.497 e. The highest BCUT2D eigenvalue weighted by Crippen LogP contribution is 2.33. The minimum absolute atomic E-state index is 0.111. The number of nitrogens with zero attached hydrogens (tertiary/aromatic N) is 3. The molecule has 1 atom stereocenters. The summed E-state index contributed by atoms with van der Waals surface area (Å²) in [6.07, 6.45) is 1.94. The van der Waals surface area contributed by atoms with Crippen LogP contribution in [0.1, 0.15) is 10.5 Å². The molecule has 1 aliphatic rings. The second kappa shape index (κ2) is 5.17. The van der Waals surface area contributed by atoms with Crippen molar-refractivity contribution < 1.29 is 9.53 Å². The predicted octanol–water partition coefficient (Wildman–Crippen LogP) is 0.859. The van der Waals surface area contributed by atoms with Crippen LogP contribution in [0.5, 0.6) is 5.75 Å². The molecule has 0 fully saturated rings. The average Bonchev–Trinajstić information content (AvgIpc) is 2.83. The number of benzene rings is 1. The Morgan fingerprint density at radius 3 is 2.95 bits per heavy atom. The van der Waals surface area contributed by atoms with Gasteiger partial charge >= 0.3 is 0 Å². The fraction of sp³-hybridized carbons (Fsp3) is 0.250. The molecule has 1 unspecified atom stereocenters. The standard InChI is InChI=1S/C12H14N6O2S/c1-20-6-3-4-8-7(5-6)14-12(21-2)15-11-9(10(13)19)16-17-18(8)11/h3-5,12,14-15H,1-2H3,(H2,13,19). The first-order valence-electron chi connectivity index (χ1n) is 6.14. The highest BCUT2D eigenvalue weighted by Gasteiger charge is 2.26. The summed E-state index contributed by atoms with van der Waals surface area (Å²) in [5.41, 5.74) is 6.88. The van der Waals surface area contributed by atoms with E-state index < -0.39 is 5.91 Å². The third-order valence-electron chi connectivity index (χ3n) is 3.13. The third kappa shape index (κ3) is 2.25. The fourth-order valence-electron chi connectivity index (χ4n) is 2.11. The molecule has 1 amide bonds. The van der Waals surface area contributed by atoms with Crippen LogP contribution in [0.25, 0.3) is 5.69 Å². The van der Waals surface area contributed by atoms with Gasteiger partial charge in [-0.15, -0.1) is 16.9 Å². The molecular weight excluding hydrogens is 292 g/mol. The lowest BCUT2D eigenvalue weighted by molar-refractivity contribution is 0.0996. The maximum absolute atomic E-state index is 11.5. The van der Waals surface area contributed by atoms with Crippen molar-refractivity contribution in [3.8, 4) is 11.4 Å². The normalized spacial score (nSPS) is 16.0. The summed E-state index contributed by atoms with van der Waals surface area (Å²) in [5.74, 6) is 0.568. The second-order valence-electron chi connectivity index (χ2n) is 4.35. The van der Waals surface area contributed by atoms with E-state index in [9.17, 15) is 4.79 Å². The first-order valence-corrected chi connectivity index (χ1v) is 7.42. The van der Waals surface area contributed by atoms with Crippen LogP contribution in [-0.4, -0.2) is 39.8 Å². The second-order valence-corrected chi connectivity index (χ2v) is 5.29. The van der Waals surface area contributed by atoms with Gasteiger partial charge in [0, 0.05) is 6.07 Å². The number of methoxy groups -OCH3 is 1.